The molecule has 0 saturated carbocycles. The van der Waals surface area contributed by atoms with Crippen LogP contribution in [0.25, 0.3) is 16.9 Å². The van der Waals surface area contributed by atoms with Crippen LogP contribution in [0.2, 0.25) is 0 Å². The molecular formula is C13H8BrN3O3. The number of aromatic nitrogens is 3. The van der Waals surface area contributed by atoms with Crippen molar-refractivity contribution in [1.82, 2.24) is 14.9 Å². The van der Waals surface area contributed by atoms with E-state index in [1.165, 1.54) is 6.07 Å². The molecule has 1 N–H and O–H groups in total. The van der Waals surface area contributed by atoms with Gasteiger partial charge in [0.2, 0.25) is 5.76 Å². The minimum absolute atomic E-state index is 0.188. The van der Waals surface area contributed by atoms with E-state index in [4.69, 9.17) is 9.63 Å². The van der Waals surface area contributed by atoms with Crippen molar-refractivity contribution in [2.24, 2.45) is 0 Å². The van der Waals surface area contributed by atoms with E-state index in [0.717, 1.165) is 15.7 Å². The summed E-state index contributed by atoms with van der Waals surface area (Å²) in [7, 11) is 0. The standard InChI is InChI=1S/C13H8BrN3O3/c14-9-6-8(10-7-12(13(18)19)20-16-10)2-3-11(9)17-5-1-4-15-17/h1-7H,(H,18,19). The lowest BCUT2D eigenvalue weighted by Crippen LogP contribution is -1.95. The second-order valence-corrected chi connectivity index (χ2v) is 4.85. The lowest BCUT2D eigenvalue weighted by molar-refractivity contribution is 0.0652. The van der Waals surface area contributed by atoms with Crippen LogP contribution in [0.15, 0.2) is 51.7 Å². The number of hydrogen-bond donors (Lipinski definition) is 1. The molecule has 2 aromatic heterocycles. The second-order valence-electron chi connectivity index (χ2n) is 4.00. The van der Waals surface area contributed by atoms with E-state index in [1.807, 2.05) is 30.5 Å². The smallest absolute Gasteiger partial charge is 0.374 e. The third-order valence-corrected chi connectivity index (χ3v) is 3.35. The van der Waals surface area contributed by atoms with Gasteiger partial charge in [0.1, 0.15) is 5.69 Å². The molecule has 6 nitrogen and oxygen atoms in total. The summed E-state index contributed by atoms with van der Waals surface area (Å²) >= 11 is 3.47. The molecule has 3 aromatic rings. The summed E-state index contributed by atoms with van der Waals surface area (Å²) in [6.07, 6.45) is 3.52. The molecule has 0 spiro atoms. The molecule has 7 heteroatoms. The molecule has 2 heterocycles. The average Bonchev–Trinajstić information content (AvgIpc) is 3.10. The van der Waals surface area contributed by atoms with Gasteiger partial charge >= 0.3 is 5.97 Å². The van der Waals surface area contributed by atoms with Gasteiger partial charge in [-0.1, -0.05) is 11.2 Å². The summed E-state index contributed by atoms with van der Waals surface area (Å²) in [5.74, 6) is -1.33. The fourth-order valence-electron chi connectivity index (χ4n) is 1.78. The zero-order valence-electron chi connectivity index (χ0n) is 10.0. The third kappa shape index (κ3) is 2.23. The lowest BCUT2D eigenvalue weighted by Gasteiger charge is -2.05. The summed E-state index contributed by atoms with van der Waals surface area (Å²) in [6.45, 7) is 0. The highest BCUT2D eigenvalue weighted by atomic mass is 79.9. The van der Waals surface area contributed by atoms with Gasteiger partial charge in [-0.15, -0.1) is 0 Å². The number of carboxylic acids is 1. The van der Waals surface area contributed by atoms with Gasteiger partial charge in [0, 0.05) is 28.5 Å². The number of hydrogen-bond acceptors (Lipinski definition) is 4. The van der Waals surface area contributed by atoms with Crippen molar-refractivity contribution in [3.63, 3.8) is 0 Å². The monoisotopic (exact) mass is 333 g/mol. The first-order valence-electron chi connectivity index (χ1n) is 5.65. The summed E-state index contributed by atoms with van der Waals surface area (Å²) < 4.78 is 7.28. The predicted molar refractivity (Wildman–Crippen MR) is 73.7 cm³/mol. The van der Waals surface area contributed by atoms with Crippen LogP contribution >= 0.6 is 15.9 Å². The van der Waals surface area contributed by atoms with E-state index in [2.05, 4.69) is 26.2 Å². The molecular weight excluding hydrogens is 326 g/mol. The summed E-state index contributed by atoms with van der Waals surface area (Å²) in [6, 6.07) is 8.74. The van der Waals surface area contributed by atoms with Gasteiger partial charge in [-0.05, 0) is 34.1 Å². The summed E-state index contributed by atoms with van der Waals surface area (Å²) in [5.41, 5.74) is 2.10. The second kappa shape index (κ2) is 4.93. The number of aromatic carboxylic acids is 1. The Morgan fingerprint density at radius 2 is 2.20 bits per heavy atom. The first-order chi connectivity index (χ1) is 9.65. The molecule has 0 bridgehead atoms. The number of carbonyl (C=O) groups is 1. The van der Waals surface area contributed by atoms with Crippen LogP contribution in [-0.2, 0) is 0 Å². The van der Waals surface area contributed by atoms with Crippen LogP contribution in [0.4, 0.5) is 0 Å². The summed E-state index contributed by atoms with van der Waals surface area (Å²) in [4.78, 5) is 10.8. The van der Waals surface area contributed by atoms with E-state index in [9.17, 15) is 4.79 Å². The van der Waals surface area contributed by atoms with Crippen molar-refractivity contribution in [2.45, 2.75) is 0 Å². The molecule has 0 aliphatic rings. The molecule has 20 heavy (non-hydrogen) atoms. The van der Waals surface area contributed by atoms with Crippen molar-refractivity contribution in [2.75, 3.05) is 0 Å². The zero-order valence-corrected chi connectivity index (χ0v) is 11.6. The Morgan fingerprint density at radius 3 is 2.80 bits per heavy atom. The highest BCUT2D eigenvalue weighted by Gasteiger charge is 2.13. The molecule has 3 rings (SSSR count). The largest absolute Gasteiger partial charge is 0.475 e. The van der Waals surface area contributed by atoms with Crippen molar-refractivity contribution in [3.05, 3.63) is 53.0 Å². The quantitative estimate of drug-likeness (QED) is 0.796. The van der Waals surface area contributed by atoms with Crippen LogP contribution < -0.4 is 0 Å². The highest BCUT2D eigenvalue weighted by Crippen LogP contribution is 2.27. The van der Waals surface area contributed by atoms with E-state index < -0.39 is 5.97 Å². The van der Waals surface area contributed by atoms with E-state index in [1.54, 1.807) is 10.9 Å². The Balaban J connectivity index is 1.99. The maximum absolute atomic E-state index is 10.8. The zero-order chi connectivity index (χ0) is 14.1. The topological polar surface area (TPSA) is 81.1 Å². The van der Waals surface area contributed by atoms with E-state index in [0.29, 0.717) is 5.69 Å². The number of rotatable bonds is 3. The highest BCUT2D eigenvalue weighted by molar-refractivity contribution is 9.10. The number of halogens is 1. The van der Waals surface area contributed by atoms with Crippen molar-refractivity contribution in [1.29, 1.82) is 0 Å². The van der Waals surface area contributed by atoms with Gasteiger partial charge in [0.05, 0.1) is 5.69 Å². The van der Waals surface area contributed by atoms with Gasteiger partial charge < -0.3 is 9.63 Å². The first-order valence-corrected chi connectivity index (χ1v) is 6.44. The van der Waals surface area contributed by atoms with Crippen LogP contribution in [-0.4, -0.2) is 26.0 Å². The molecule has 0 aliphatic carbocycles. The molecule has 0 radical (unpaired) electrons. The fraction of sp³-hybridized carbons (Fsp3) is 0. The Kier molecular flexibility index (Phi) is 3.11. The van der Waals surface area contributed by atoms with Crippen LogP contribution in [0.3, 0.4) is 0 Å². The molecule has 0 aliphatic heterocycles. The Hall–Kier alpha value is -2.41. The number of benzene rings is 1. The Morgan fingerprint density at radius 1 is 1.35 bits per heavy atom. The van der Waals surface area contributed by atoms with Crippen LogP contribution in [0, 0.1) is 0 Å². The van der Waals surface area contributed by atoms with Crippen LogP contribution in [0.1, 0.15) is 10.6 Å². The normalized spacial score (nSPS) is 10.7. The molecule has 0 saturated heterocycles. The fourth-order valence-corrected chi connectivity index (χ4v) is 2.34. The van der Waals surface area contributed by atoms with Crippen LogP contribution in [0.5, 0.6) is 0 Å². The van der Waals surface area contributed by atoms with Gasteiger partial charge in [-0.3, -0.25) is 0 Å². The van der Waals surface area contributed by atoms with Gasteiger partial charge in [-0.25, -0.2) is 9.48 Å². The van der Waals surface area contributed by atoms with Gasteiger partial charge in [0.15, 0.2) is 0 Å². The molecule has 0 unspecified atom stereocenters. The SMILES string of the molecule is O=C(O)c1cc(-c2ccc(-n3cccn3)c(Br)c2)no1. The van der Waals surface area contributed by atoms with Crippen molar-refractivity contribution < 1.29 is 14.4 Å². The summed E-state index contributed by atoms with van der Waals surface area (Å²) in [5, 5.41) is 16.7. The third-order valence-electron chi connectivity index (χ3n) is 2.72. The Labute approximate surface area is 121 Å². The van der Waals surface area contributed by atoms with Gasteiger partial charge in [0.25, 0.3) is 0 Å². The minimum atomic E-state index is -1.14. The maximum Gasteiger partial charge on any atom is 0.374 e. The van der Waals surface area contributed by atoms with E-state index in [-0.39, 0.29) is 5.76 Å². The van der Waals surface area contributed by atoms with Crippen molar-refractivity contribution >= 4 is 21.9 Å². The predicted octanol–water partition coefficient (Wildman–Crippen LogP) is 2.99. The number of nitrogens with zero attached hydrogens (tertiary/aromatic N) is 3. The Bertz CT molecular complexity index is 765. The molecule has 100 valence electrons. The molecule has 1 aromatic carbocycles. The molecule has 0 amide bonds. The lowest BCUT2D eigenvalue weighted by atomic mass is 10.1. The average molecular weight is 334 g/mol. The maximum atomic E-state index is 10.8. The minimum Gasteiger partial charge on any atom is -0.475 e. The number of carboxylic acid groups (broad SMARTS) is 1. The van der Waals surface area contributed by atoms with Gasteiger partial charge in [-0.2, -0.15) is 5.10 Å². The molecule has 0 atom stereocenters. The van der Waals surface area contributed by atoms with Crippen molar-refractivity contribution in [3.8, 4) is 16.9 Å². The first kappa shape index (κ1) is 12.6. The van der Waals surface area contributed by atoms with E-state index >= 15 is 0 Å². The molecule has 0 fully saturated rings.